The minimum Gasteiger partial charge on any atom is -0.491 e. The van der Waals surface area contributed by atoms with Gasteiger partial charge in [0.05, 0.1) is 42.1 Å². The van der Waals surface area contributed by atoms with E-state index in [1.807, 2.05) is 48.2 Å². The number of methoxy groups -OCH3 is 1. The summed E-state index contributed by atoms with van der Waals surface area (Å²) in [5.74, 6) is -1.03. The summed E-state index contributed by atoms with van der Waals surface area (Å²) in [7, 11) is 1.59. The van der Waals surface area contributed by atoms with Gasteiger partial charge >= 0.3 is 12.1 Å². The highest BCUT2D eigenvalue weighted by atomic mass is 16.6. The number of aromatic nitrogens is 9. The molecule has 7 rings (SSSR count). The molecule has 0 aliphatic heterocycles. The van der Waals surface area contributed by atoms with Crippen molar-refractivity contribution >= 4 is 68.7 Å². The van der Waals surface area contributed by atoms with Gasteiger partial charge in [0, 0.05) is 81.0 Å². The van der Waals surface area contributed by atoms with E-state index in [1.165, 1.54) is 0 Å². The van der Waals surface area contributed by atoms with Crippen molar-refractivity contribution < 1.29 is 47.7 Å². The van der Waals surface area contributed by atoms with Gasteiger partial charge in [-0.15, -0.1) is 0 Å². The lowest BCUT2D eigenvalue weighted by molar-refractivity contribution is -0.155. The molecule has 2 aromatic carbocycles. The fraction of sp³-hybridized carbons (Fsp3) is 0.412. The van der Waals surface area contributed by atoms with Crippen molar-refractivity contribution in [3.63, 3.8) is 0 Å². The predicted molar refractivity (Wildman–Crippen MR) is 275 cm³/mol. The lowest BCUT2D eigenvalue weighted by atomic mass is 10.1. The van der Waals surface area contributed by atoms with E-state index in [-0.39, 0.29) is 63.0 Å². The number of ether oxygens (including phenoxy) is 5. The van der Waals surface area contributed by atoms with Crippen molar-refractivity contribution in [2.24, 2.45) is 11.5 Å². The molecule has 5 aromatic heterocycles. The molecule has 0 saturated heterocycles. The largest absolute Gasteiger partial charge is 0.491 e. The van der Waals surface area contributed by atoms with Gasteiger partial charge in [0.2, 0.25) is 17.8 Å². The smallest absolute Gasteiger partial charge is 0.407 e. The summed E-state index contributed by atoms with van der Waals surface area (Å²) < 4.78 is 35.4. The molecule has 392 valence electrons. The number of rotatable bonds is 24. The number of nitrogens with zero attached hydrogens (tertiary/aromatic N) is 9. The summed E-state index contributed by atoms with van der Waals surface area (Å²) in [6.45, 7) is 15.0. The maximum atomic E-state index is 13.9. The zero-order valence-corrected chi connectivity index (χ0v) is 42.9. The Morgan fingerprint density at radius 3 is 2.07 bits per heavy atom. The molecule has 0 radical (unpaired) electrons. The molecule has 0 fully saturated rings. The van der Waals surface area contributed by atoms with Gasteiger partial charge in [0.15, 0.2) is 5.82 Å². The van der Waals surface area contributed by atoms with Gasteiger partial charge in [0.1, 0.15) is 46.3 Å². The van der Waals surface area contributed by atoms with Crippen LogP contribution in [-0.2, 0) is 45.2 Å². The number of primary amides is 2. The Morgan fingerprint density at radius 2 is 1.39 bits per heavy atom. The van der Waals surface area contributed by atoms with E-state index in [0.29, 0.717) is 99.9 Å². The summed E-state index contributed by atoms with van der Waals surface area (Å²) in [5.41, 5.74) is 15.8. The Labute approximate surface area is 426 Å². The van der Waals surface area contributed by atoms with Crippen molar-refractivity contribution in [1.29, 1.82) is 0 Å². The van der Waals surface area contributed by atoms with Gasteiger partial charge in [-0.25, -0.2) is 19.7 Å². The third kappa shape index (κ3) is 12.6. The van der Waals surface area contributed by atoms with E-state index in [1.54, 1.807) is 80.6 Å². The van der Waals surface area contributed by atoms with Crippen LogP contribution >= 0.6 is 0 Å². The number of hydrogen-bond donors (Lipinski definition) is 4. The number of carbonyl (C=O) groups excluding carboxylic acids is 5. The first-order valence-corrected chi connectivity index (χ1v) is 24.3. The second kappa shape index (κ2) is 23.5. The number of fused-ring (bicyclic) bond motifs is 4. The van der Waals surface area contributed by atoms with Crippen LogP contribution < -0.4 is 31.6 Å². The molecule has 74 heavy (non-hydrogen) atoms. The quantitative estimate of drug-likeness (QED) is 0.0307. The zero-order chi connectivity index (χ0) is 53.3. The second-order valence-corrected chi connectivity index (χ2v) is 18.2. The second-order valence-electron chi connectivity index (χ2n) is 18.2. The molecule has 0 aliphatic carbocycles. The summed E-state index contributed by atoms with van der Waals surface area (Å²) in [4.78, 5) is 78.4. The first-order valence-electron chi connectivity index (χ1n) is 24.3. The number of nitrogens with one attached hydrogen (secondary N) is 2. The van der Waals surface area contributed by atoms with Crippen LogP contribution in [-0.4, -0.2) is 119 Å². The average Bonchev–Trinajstić information content (AvgIpc) is 4.11. The fourth-order valence-corrected chi connectivity index (χ4v) is 8.24. The Morgan fingerprint density at radius 1 is 0.743 bits per heavy atom. The zero-order valence-electron chi connectivity index (χ0n) is 42.9. The van der Waals surface area contributed by atoms with Crippen LogP contribution in [0.2, 0.25) is 0 Å². The molecule has 0 unspecified atom stereocenters. The Hall–Kier alpha value is -8.34. The van der Waals surface area contributed by atoms with E-state index in [9.17, 15) is 24.0 Å². The maximum absolute atomic E-state index is 13.9. The van der Waals surface area contributed by atoms with Crippen molar-refractivity contribution in [2.45, 2.75) is 99.5 Å². The van der Waals surface area contributed by atoms with E-state index in [0.717, 1.165) is 5.69 Å². The van der Waals surface area contributed by atoms with E-state index < -0.39 is 35.4 Å². The van der Waals surface area contributed by atoms with Crippen molar-refractivity contribution in [3.05, 3.63) is 83.0 Å². The van der Waals surface area contributed by atoms with Crippen LogP contribution in [0.4, 0.5) is 10.7 Å². The third-order valence-corrected chi connectivity index (χ3v) is 11.4. The van der Waals surface area contributed by atoms with Gasteiger partial charge in [-0.1, -0.05) is 12.2 Å². The molecule has 0 spiro atoms. The molecule has 6 N–H and O–H groups in total. The topological polar surface area (TPSA) is 292 Å². The van der Waals surface area contributed by atoms with E-state index in [4.69, 9.17) is 50.1 Å². The van der Waals surface area contributed by atoms with Gasteiger partial charge in [-0.3, -0.25) is 33.9 Å². The number of imidazole rings is 1. The highest BCUT2D eigenvalue weighted by Crippen LogP contribution is 2.37. The standard InChI is InChI=1S/C51H63N13O10/c1-9-63-37(23-30(3)59-63)46-55-29-35-34-25-32(44(52)66)27-39(71-20-13-16-54-50(69)73-22-15-41(65)74-51(5,6)7)42(34)61(47(35)57-46)17-11-12-18-62-43-36(26-33(45(53)67)28-40(43)72-21-14-19-70-8)56-49(62)58-48(68)38-24-31(4)60-64(38)10-2/h11-12,23-29H,9-10,13-22H2,1-8H3,(H2,52,66)(H2,53,67)(H,54,69)(H,56,58,68). The van der Waals surface area contributed by atoms with Crippen LogP contribution in [0.25, 0.3) is 44.5 Å². The molecule has 0 aliphatic rings. The molecule has 7 aromatic rings. The minimum absolute atomic E-state index is 0.0893. The Bertz CT molecular complexity index is 3250. The number of hydrogen-bond acceptors (Lipinski definition) is 15. The first kappa shape index (κ1) is 53.5. The lowest BCUT2D eigenvalue weighted by Gasteiger charge is -2.19. The Kier molecular flexibility index (Phi) is 17.0. The van der Waals surface area contributed by atoms with Crippen LogP contribution in [0.3, 0.4) is 0 Å². The van der Waals surface area contributed by atoms with Crippen molar-refractivity contribution in [2.75, 3.05) is 45.4 Å². The van der Waals surface area contributed by atoms with Gasteiger partial charge < -0.3 is 49.6 Å². The number of benzene rings is 2. The number of anilines is 1. The number of amides is 4. The van der Waals surface area contributed by atoms with Gasteiger partial charge in [-0.05, 0) is 91.3 Å². The lowest BCUT2D eigenvalue weighted by Crippen LogP contribution is -2.28. The molecule has 0 saturated carbocycles. The van der Waals surface area contributed by atoms with Crippen LogP contribution in [0.1, 0.15) is 96.5 Å². The number of allylic oxidation sites excluding steroid dienone is 2. The number of alkyl carbamates (subject to hydrolysis) is 1. The third-order valence-electron chi connectivity index (χ3n) is 11.4. The monoisotopic (exact) mass is 1020 g/mol. The summed E-state index contributed by atoms with van der Waals surface area (Å²) in [6.07, 6.45) is 5.60. The van der Waals surface area contributed by atoms with Crippen molar-refractivity contribution in [1.82, 2.24) is 49.0 Å². The predicted octanol–water partition coefficient (Wildman–Crippen LogP) is 6.00. The summed E-state index contributed by atoms with van der Waals surface area (Å²) in [6, 6.07) is 9.96. The molecular weight excluding hydrogens is 955 g/mol. The minimum atomic E-state index is -0.703. The Balaban J connectivity index is 1.24. The van der Waals surface area contributed by atoms with Crippen LogP contribution in [0.15, 0.2) is 54.7 Å². The molecule has 23 nitrogen and oxygen atoms in total. The average molecular weight is 1020 g/mol. The van der Waals surface area contributed by atoms with Gasteiger partial charge in [0.25, 0.3) is 5.91 Å². The number of esters is 1. The normalized spacial score (nSPS) is 11.7. The number of aryl methyl sites for hydroxylation is 4. The molecule has 0 bridgehead atoms. The van der Waals surface area contributed by atoms with Crippen LogP contribution in [0.5, 0.6) is 11.5 Å². The molecule has 23 heteroatoms. The molecular formula is C51H63N13O10. The van der Waals surface area contributed by atoms with E-state index in [2.05, 4.69) is 20.8 Å². The highest BCUT2D eigenvalue weighted by Gasteiger charge is 2.24. The summed E-state index contributed by atoms with van der Waals surface area (Å²) in [5, 5.41) is 15.9. The SMILES string of the molecule is CCn1nc(C)cc1C(=O)Nc1nc2cc(C(N)=O)cc(OCCCOC)c2n1CC=CCn1c2nc(-c3cc(C)nn3CC)ncc2c2cc(C(N)=O)cc(OCCCNC(=O)OCCC(=O)OC(C)(C)C)c21. The number of carbonyl (C=O) groups is 5. The van der Waals surface area contributed by atoms with E-state index >= 15 is 0 Å². The van der Waals surface area contributed by atoms with Crippen LogP contribution in [0, 0.1) is 13.8 Å². The van der Waals surface area contributed by atoms with Crippen molar-refractivity contribution in [3.8, 4) is 23.0 Å². The highest BCUT2D eigenvalue weighted by molar-refractivity contribution is 6.12. The first-order chi connectivity index (χ1) is 35.4. The summed E-state index contributed by atoms with van der Waals surface area (Å²) >= 11 is 0. The van der Waals surface area contributed by atoms with Gasteiger partial charge in [-0.2, -0.15) is 10.2 Å². The molecule has 5 heterocycles. The number of nitrogens with two attached hydrogens (primary N) is 2. The fourth-order valence-electron chi connectivity index (χ4n) is 8.24. The maximum Gasteiger partial charge on any atom is 0.407 e. The molecule has 4 amide bonds. The molecule has 0 atom stereocenters.